The van der Waals surface area contributed by atoms with E-state index in [1.54, 1.807) is 31.3 Å². The van der Waals surface area contributed by atoms with E-state index in [1.807, 2.05) is 11.0 Å². The summed E-state index contributed by atoms with van der Waals surface area (Å²) in [5.74, 6) is -0.0840. The van der Waals surface area contributed by atoms with Crippen molar-refractivity contribution < 1.29 is 27.4 Å². The molecule has 0 aliphatic rings. The molecule has 0 spiro atoms. The standard InChI is InChI=1S/C20H23F3N2O3/c1-25(11-14-5-3-8-17(9-14)28-13-19(24)26)18(12-27-2)15-6-4-7-16(10-15)20(21,22)23/h3-10,18H,11-13H2,1-2H3,(H2,24,26). The zero-order valence-corrected chi connectivity index (χ0v) is 15.7. The van der Waals surface area contributed by atoms with Gasteiger partial charge in [0.25, 0.3) is 5.91 Å². The molecule has 1 atom stereocenters. The fraction of sp³-hybridized carbons (Fsp3) is 0.350. The van der Waals surface area contributed by atoms with Crippen LogP contribution in [0.2, 0.25) is 0 Å². The number of ether oxygens (including phenoxy) is 2. The van der Waals surface area contributed by atoms with Crippen LogP contribution >= 0.6 is 0 Å². The van der Waals surface area contributed by atoms with Crippen molar-refractivity contribution in [2.75, 3.05) is 27.4 Å². The molecule has 1 amide bonds. The Kier molecular flexibility index (Phi) is 7.42. The molecule has 5 nitrogen and oxygen atoms in total. The lowest BCUT2D eigenvalue weighted by Gasteiger charge is -2.28. The Balaban J connectivity index is 2.18. The fourth-order valence-corrected chi connectivity index (χ4v) is 2.84. The second kappa shape index (κ2) is 9.57. The van der Waals surface area contributed by atoms with E-state index in [9.17, 15) is 18.0 Å². The Labute approximate surface area is 161 Å². The van der Waals surface area contributed by atoms with Crippen LogP contribution in [-0.2, 0) is 22.3 Å². The number of alkyl halides is 3. The molecule has 0 aliphatic heterocycles. The number of carbonyl (C=O) groups excluding carboxylic acids is 1. The number of amides is 1. The molecule has 0 aliphatic carbocycles. The maximum absolute atomic E-state index is 13.0. The summed E-state index contributed by atoms with van der Waals surface area (Å²) in [6, 6.07) is 12.0. The average molecular weight is 396 g/mol. The first kappa shape index (κ1) is 21.7. The number of primary amides is 1. The van der Waals surface area contributed by atoms with Crippen LogP contribution in [0.4, 0.5) is 13.2 Å². The third-order valence-corrected chi connectivity index (χ3v) is 4.17. The molecule has 28 heavy (non-hydrogen) atoms. The van der Waals surface area contributed by atoms with Crippen LogP contribution in [0, 0.1) is 0 Å². The van der Waals surface area contributed by atoms with Gasteiger partial charge in [-0.15, -0.1) is 0 Å². The van der Waals surface area contributed by atoms with E-state index < -0.39 is 17.6 Å². The number of nitrogens with zero attached hydrogens (tertiary/aromatic N) is 1. The molecular weight excluding hydrogens is 373 g/mol. The predicted molar refractivity (Wildman–Crippen MR) is 98.7 cm³/mol. The number of methoxy groups -OCH3 is 1. The number of rotatable bonds is 9. The van der Waals surface area contributed by atoms with Gasteiger partial charge in [-0.2, -0.15) is 13.2 Å². The summed E-state index contributed by atoms with van der Waals surface area (Å²) in [6.07, 6.45) is -4.40. The maximum Gasteiger partial charge on any atom is 0.416 e. The first-order valence-corrected chi connectivity index (χ1v) is 8.57. The van der Waals surface area contributed by atoms with Gasteiger partial charge in [-0.3, -0.25) is 9.69 Å². The monoisotopic (exact) mass is 396 g/mol. The maximum atomic E-state index is 13.0. The average Bonchev–Trinajstić information content (AvgIpc) is 2.64. The first-order chi connectivity index (χ1) is 13.2. The number of likely N-dealkylation sites (N-methyl/N-ethyl adjacent to an activating group) is 1. The summed E-state index contributed by atoms with van der Waals surface area (Å²) >= 11 is 0. The molecule has 0 fully saturated rings. The molecular formula is C20H23F3N2O3. The molecule has 1 unspecified atom stereocenters. The number of hydrogen-bond acceptors (Lipinski definition) is 4. The Morgan fingerprint density at radius 1 is 1.18 bits per heavy atom. The lowest BCUT2D eigenvalue weighted by atomic mass is 10.0. The lowest BCUT2D eigenvalue weighted by Crippen LogP contribution is -2.28. The highest BCUT2D eigenvalue weighted by molar-refractivity contribution is 5.75. The number of benzene rings is 2. The highest BCUT2D eigenvalue weighted by atomic mass is 19.4. The van der Waals surface area contributed by atoms with Crippen molar-refractivity contribution in [1.29, 1.82) is 0 Å². The van der Waals surface area contributed by atoms with E-state index in [0.29, 0.717) is 17.9 Å². The van der Waals surface area contributed by atoms with Crippen molar-refractivity contribution in [2.24, 2.45) is 5.73 Å². The van der Waals surface area contributed by atoms with Gasteiger partial charge in [0.2, 0.25) is 0 Å². The van der Waals surface area contributed by atoms with Crippen LogP contribution in [0.15, 0.2) is 48.5 Å². The summed E-state index contributed by atoms with van der Waals surface area (Å²) in [5, 5.41) is 0. The van der Waals surface area contributed by atoms with Crippen molar-refractivity contribution in [1.82, 2.24) is 4.90 Å². The van der Waals surface area contributed by atoms with Crippen molar-refractivity contribution in [3.63, 3.8) is 0 Å². The minimum absolute atomic E-state index is 0.226. The van der Waals surface area contributed by atoms with Gasteiger partial charge in [0.05, 0.1) is 18.2 Å². The van der Waals surface area contributed by atoms with E-state index >= 15 is 0 Å². The highest BCUT2D eigenvalue weighted by Crippen LogP contribution is 2.32. The Morgan fingerprint density at radius 2 is 1.89 bits per heavy atom. The second-order valence-electron chi connectivity index (χ2n) is 6.41. The zero-order chi connectivity index (χ0) is 20.7. The minimum atomic E-state index is -4.40. The molecule has 0 bridgehead atoms. The quantitative estimate of drug-likeness (QED) is 0.706. The van der Waals surface area contributed by atoms with Crippen molar-refractivity contribution in [3.05, 3.63) is 65.2 Å². The molecule has 8 heteroatoms. The number of hydrogen-bond donors (Lipinski definition) is 1. The van der Waals surface area contributed by atoms with E-state index in [2.05, 4.69) is 0 Å². The van der Waals surface area contributed by atoms with E-state index in [-0.39, 0.29) is 19.3 Å². The smallest absolute Gasteiger partial charge is 0.416 e. The van der Waals surface area contributed by atoms with Crippen molar-refractivity contribution in [2.45, 2.75) is 18.8 Å². The number of nitrogens with two attached hydrogens (primary N) is 1. The van der Waals surface area contributed by atoms with E-state index in [0.717, 1.165) is 17.7 Å². The van der Waals surface area contributed by atoms with Gasteiger partial charge in [0.1, 0.15) is 5.75 Å². The molecule has 0 saturated heterocycles. The largest absolute Gasteiger partial charge is 0.484 e. The molecule has 2 aromatic rings. The fourth-order valence-electron chi connectivity index (χ4n) is 2.84. The van der Waals surface area contributed by atoms with Crippen molar-refractivity contribution >= 4 is 5.91 Å². The molecule has 2 aromatic carbocycles. The van der Waals surface area contributed by atoms with Gasteiger partial charge >= 0.3 is 6.18 Å². The van der Waals surface area contributed by atoms with Gasteiger partial charge < -0.3 is 15.2 Å². The third-order valence-electron chi connectivity index (χ3n) is 4.17. The Morgan fingerprint density at radius 3 is 2.54 bits per heavy atom. The van der Waals surface area contributed by atoms with Gasteiger partial charge in [0.15, 0.2) is 6.61 Å². The van der Waals surface area contributed by atoms with Gasteiger partial charge in [0, 0.05) is 13.7 Å². The topological polar surface area (TPSA) is 64.8 Å². The van der Waals surface area contributed by atoms with Crippen LogP contribution in [0.1, 0.15) is 22.7 Å². The third kappa shape index (κ3) is 6.24. The first-order valence-electron chi connectivity index (χ1n) is 8.57. The second-order valence-corrected chi connectivity index (χ2v) is 6.41. The van der Waals surface area contributed by atoms with Gasteiger partial charge in [-0.05, 0) is 42.4 Å². The van der Waals surface area contributed by atoms with Gasteiger partial charge in [-0.1, -0.05) is 24.3 Å². The predicted octanol–water partition coefficient (Wildman–Crippen LogP) is 3.39. The summed E-state index contributed by atoms with van der Waals surface area (Å²) in [5.41, 5.74) is 5.77. The summed E-state index contributed by atoms with van der Waals surface area (Å²) < 4.78 is 49.7. The van der Waals surface area contributed by atoms with Crippen LogP contribution < -0.4 is 10.5 Å². The molecule has 0 radical (unpaired) electrons. The van der Waals surface area contributed by atoms with E-state index in [1.165, 1.54) is 13.2 Å². The summed E-state index contributed by atoms with van der Waals surface area (Å²) in [6.45, 7) is 0.448. The van der Waals surface area contributed by atoms with Crippen LogP contribution in [0.25, 0.3) is 0 Å². The number of carbonyl (C=O) groups is 1. The SMILES string of the molecule is COCC(c1cccc(C(F)(F)F)c1)N(C)Cc1cccc(OCC(N)=O)c1. The normalized spacial score (nSPS) is 12.8. The van der Waals surface area contributed by atoms with Crippen molar-refractivity contribution in [3.8, 4) is 5.75 Å². The Hall–Kier alpha value is -2.58. The Bertz CT molecular complexity index is 796. The van der Waals surface area contributed by atoms with Crippen LogP contribution in [0.5, 0.6) is 5.75 Å². The lowest BCUT2D eigenvalue weighted by molar-refractivity contribution is -0.137. The van der Waals surface area contributed by atoms with E-state index in [4.69, 9.17) is 15.2 Å². The minimum Gasteiger partial charge on any atom is -0.484 e. The highest BCUT2D eigenvalue weighted by Gasteiger charge is 2.31. The molecule has 2 rings (SSSR count). The van der Waals surface area contributed by atoms with Crippen LogP contribution in [-0.4, -0.2) is 38.2 Å². The molecule has 2 N–H and O–H groups in total. The molecule has 152 valence electrons. The summed E-state index contributed by atoms with van der Waals surface area (Å²) in [7, 11) is 3.31. The molecule has 0 saturated carbocycles. The zero-order valence-electron chi connectivity index (χ0n) is 15.7. The van der Waals surface area contributed by atoms with Crippen LogP contribution in [0.3, 0.4) is 0 Å². The number of halogens is 3. The van der Waals surface area contributed by atoms with Gasteiger partial charge in [-0.25, -0.2) is 0 Å². The summed E-state index contributed by atoms with van der Waals surface area (Å²) in [4.78, 5) is 12.7. The molecule has 0 aromatic heterocycles. The molecule has 0 heterocycles.